The lowest BCUT2D eigenvalue weighted by Crippen LogP contribution is -2.54. The Morgan fingerprint density at radius 2 is 1.65 bits per heavy atom. The summed E-state index contributed by atoms with van der Waals surface area (Å²) in [4.78, 5) is 42.3. The maximum atomic E-state index is 15.0. The molecule has 5 fully saturated rings. The Balaban J connectivity index is 0.781. The molecule has 10 heteroatoms. The number of carbonyl (C=O) groups is 2. The normalized spacial score (nSPS) is 32.2. The number of aromatic nitrogens is 2. The van der Waals surface area contributed by atoms with Crippen LogP contribution in [0, 0.1) is 40.3 Å². The van der Waals surface area contributed by atoms with Crippen molar-refractivity contribution in [3.63, 3.8) is 0 Å². The molecular weight excluding hydrogens is 684 g/mol. The highest BCUT2D eigenvalue weighted by molar-refractivity contribution is 5.95. The number of nitrogens with zero attached hydrogens (tertiary/aromatic N) is 3. The van der Waals surface area contributed by atoms with Crippen molar-refractivity contribution in [1.29, 1.82) is 0 Å². The second-order valence-corrected chi connectivity index (χ2v) is 17.7. The van der Waals surface area contributed by atoms with Gasteiger partial charge in [-0.05, 0) is 129 Å². The van der Waals surface area contributed by atoms with Gasteiger partial charge < -0.3 is 19.6 Å². The first kappa shape index (κ1) is 37.3. The van der Waals surface area contributed by atoms with Gasteiger partial charge in [0.2, 0.25) is 5.91 Å². The third-order valence-corrected chi connectivity index (χ3v) is 15.0. The Bertz CT molecular complexity index is 1930. The third-order valence-electron chi connectivity index (χ3n) is 15.0. The molecule has 0 unspecified atom stereocenters. The topological polar surface area (TPSA) is 116 Å². The predicted octanol–water partition coefficient (Wildman–Crippen LogP) is 6.90. The number of hydrogen-bond donors (Lipinski definition) is 2. The van der Waals surface area contributed by atoms with Crippen LogP contribution in [0.5, 0.6) is 0 Å². The molecule has 8 atom stereocenters. The second-order valence-electron chi connectivity index (χ2n) is 17.7. The van der Waals surface area contributed by atoms with E-state index in [0.29, 0.717) is 74.1 Å². The van der Waals surface area contributed by atoms with Gasteiger partial charge in [0, 0.05) is 51.0 Å². The van der Waals surface area contributed by atoms with Crippen molar-refractivity contribution in [2.24, 2.45) is 34.5 Å². The summed E-state index contributed by atoms with van der Waals surface area (Å²) in [5.74, 6) is 2.13. The van der Waals surface area contributed by atoms with Crippen molar-refractivity contribution < 1.29 is 23.8 Å². The van der Waals surface area contributed by atoms with Gasteiger partial charge in [-0.25, -0.2) is 9.49 Å². The van der Waals surface area contributed by atoms with Crippen LogP contribution in [0.2, 0.25) is 0 Å². The van der Waals surface area contributed by atoms with Crippen LogP contribution in [-0.4, -0.2) is 81.9 Å². The van der Waals surface area contributed by atoms with Gasteiger partial charge in [-0.3, -0.25) is 14.4 Å². The van der Waals surface area contributed by atoms with Gasteiger partial charge >= 0.3 is 0 Å². The number of aliphatic hydroxyl groups is 1. The van der Waals surface area contributed by atoms with E-state index in [2.05, 4.69) is 24.0 Å². The van der Waals surface area contributed by atoms with Crippen molar-refractivity contribution in [2.75, 3.05) is 32.8 Å². The fourth-order valence-corrected chi connectivity index (χ4v) is 11.9. The van der Waals surface area contributed by atoms with E-state index in [9.17, 15) is 23.9 Å². The maximum Gasteiger partial charge on any atom is 0.272 e. The molecule has 1 aliphatic heterocycles. The highest BCUT2D eigenvalue weighted by Gasteiger charge is 2.60. The highest BCUT2D eigenvalue weighted by Crippen LogP contribution is 2.66. The number of aliphatic hydroxyl groups excluding tert-OH is 1. The van der Waals surface area contributed by atoms with Crippen LogP contribution in [0.15, 0.2) is 47.3 Å². The van der Waals surface area contributed by atoms with E-state index < -0.39 is 5.82 Å². The first-order chi connectivity index (χ1) is 26.0. The first-order valence-corrected chi connectivity index (χ1v) is 20.7. The minimum atomic E-state index is -0.582. The summed E-state index contributed by atoms with van der Waals surface area (Å²) < 4.78 is 21.6. The average Bonchev–Trinajstić information content (AvgIpc) is 3.52. The van der Waals surface area contributed by atoms with Crippen LogP contribution in [0.4, 0.5) is 4.39 Å². The number of H-pyrrole nitrogens is 1. The summed E-state index contributed by atoms with van der Waals surface area (Å²) in [6, 6.07) is 11.7. The second kappa shape index (κ2) is 15.1. The van der Waals surface area contributed by atoms with Crippen molar-refractivity contribution in [2.45, 2.75) is 110 Å². The minimum absolute atomic E-state index is 0.00288. The van der Waals surface area contributed by atoms with Crippen molar-refractivity contribution in [3.8, 4) is 0 Å². The van der Waals surface area contributed by atoms with Crippen LogP contribution in [0.3, 0.4) is 0 Å². The van der Waals surface area contributed by atoms with E-state index in [1.165, 1.54) is 44.6 Å². The molecular formula is C44H57FN4O5. The molecule has 290 valence electrons. The van der Waals surface area contributed by atoms with Crippen molar-refractivity contribution in [3.05, 3.63) is 75.5 Å². The molecule has 3 aromatic rings. The molecule has 5 aliphatic rings. The summed E-state index contributed by atoms with van der Waals surface area (Å²) in [6.45, 7) is 7.31. The summed E-state index contributed by atoms with van der Waals surface area (Å²) in [5, 5.41) is 18.4. The third kappa shape index (κ3) is 6.91. The lowest BCUT2D eigenvalue weighted by Gasteiger charge is -2.60. The number of piperazine rings is 1. The molecule has 1 aromatic heterocycles. The SMILES string of the molecule is C[C@]12CC[C@H](O)C[C@@H]1CC[C@@H]1[C@@H]2CC[C@]2(C)[C@@H](OCCCCC(=O)N3CCN(C(=O)c4cc(Cc5n[nH]c(=O)c6ccccc56)ccc4F)CC3)CC[C@@H]12. The van der Waals surface area contributed by atoms with Crippen LogP contribution in [0.1, 0.15) is 113 Å². The lowest BCUT2D eigenvalue weighted by molar-refractivity contribution is -0.141. The molecule has 0 bridgehead atoms. The molecule has 0 spiro atoms. The monoisotopic (exact) mass is 740 g/mol. The molecule has 2 aromatic carbocycles. The van der Waals surface area contributed by atoms with Crippen LogP contribution < -0.4 is 5.56 Å². The van der Waals surface area contributed by atoms with Crippen molar-refractivity contribution >= 4 is 22.6 Å². The van der Waals surface area contributed by atoms with E-state index in [0.717, 1.165) is 60.8 Å². The minimum Gasteiger partial charge on any atom is -0.393 e. The Hall–Kier alpha value is -3.63. The zero-order chi connectivity index (χ0) is 37.6. The quantitative estimate of drug-likeness (QED) is 0.231. The Morgan fingerprint density at radius 1 is 0.907 bits per heavy atom. The molecule has 4 aliphatic carbocycles. The molecule has 8 rings (SSSR count). The van der Waals surface area contributed by atoms with E-state index in [-0.39, 0.29) is 34.5 Å². The number of unbranched alkanes of at least 4 members (excludes halogenated alkanes) is 1. The van der Waals surface area contributed by atoms with E-state index in [1.54, 1.807) is 29.2 Å². The number of hydrogen-bond acceptors (Lipinski definition) is 6. The van der Waals surface area contributed by atoms with Crippen LogP contribution in [-0.2, 0) is 16.0 Å². The molecule has 0 radical (unpaired) electrons. The fraction of sp³-hybridized carbons (Fsp3) is 0.636. The average molecular weight is 741 g/mol. The predicted molar refractivity (Wildman–Crippen MR) is 205 cm³/mol. The molecule has 9 nitrogen and oxygen atoms in total. The van der Waals surface area contributed by atoms with E-state index >= 15 is 0 Å². The van der Waals surface area contributed by atoms with Gasteiger partial charge in [-0.2, -0.15) is 5.10 Å². The number of rotatable bonds is 9. The summed E-state index contributed by atoms with van der Waals surface area (Å²) >= 11 is 0. The molecule has 2 N–H and O–H groups in total. The summed E-state index contributed by atoms with van der Waals surface area (Å²) in [7, 11) is 0. The highest BCUT2D eigenvalue weighted by atomic mass is 19.1. The summed E-state index contributed by atoms with van der Waals surface area (Å²) in [6.07, 6.45) is 13.3. The van der Waals surface area contributed by atoms with E-state index in [4.69, 9.17) is 4.74 Å². The number of amides is 2. The number of fused-ring (bicyclic) bond motifs is 6. The number of benzene rings is 2. The molecule has 4 saturated carbocycles. The molecule has 1 saturated heterocycles. The number of nitrogens with one attached hydrogen (secondary N) is 1. The summed E-state index contributed by atoms with van der Waals surface area (Å²) in [5.41, 5.74) is 1.73. The number of carbonyl (C=O) groups excluding carboxylic acids is 2. The number of aromatic amines is 1. The zero-order valence-electron chi connectivity index (χ0n) is 32.0. The van der Waals surface area contributed by atoms with Crippen LogP contribution >= 0.6 is 0 Å². The van der Waals surface area contributed by atoms with Gasteiger partial charge in [-0.15, -0.1) is 0 Å². The van der Waals surface area contributed by atoms with Gasteiger partial charge in [-0.1, -0.05) is 38.1 Å². The van der Waals surface area contributed by atoms with Gasteiger partial charge in [0.1, 0.15) is 5.82 Å². The maximum absolute atomic E-state index is 15.0. The Labute approximate surface area is 318 Å². The smallest absolute Gasteiger partial charge is 0.272 e. The molecule has 2 heterocycles. The number of halogens is 1. The lowest BCUT2D eigenvalue weighted by atomic mass is 9.45. The van der Waals surface area contributed by atoms with Gasteiger partial charge in [0.15, 0.2) is 0 Å². The van der Waals surface area contributed by atoms with Crippen molar-refractivity contribution in [1.82, 2.24) is 20.0 Å². The Morgan fingerprint density at radius 3 is 2.46 bits per heavy atom. The van der Waals surface area contributed by atoms with Crippen LogP contribution in [0.25, 0.3) is 10.8 Å². The first-order valence-electron chi connectivity index (χ1n) is 20.7. The Kier molecular flexibility index (Phi) is 10.5. The van der Waals surface area contributed by atoms with Gasteiger partial charge in [0.05, 0.1) is 28.9 Å². The molecule has 2 amide bonds. The zero-order valence-corrected chi connectivity index (χ0v) is 32.0. The number of ether oxygens (including phenoxy) is 1. The fourth-order valence-electron chi connectivity index (χ4n) is 11.9. The largest absolute Gasteiger partial charge is 0.393 e. The molecule has 54 heavy (non-hydrogen) atoms. The standard InChI is InChI=1S/C44H57FN4O5/c1-43-18-16-30(50)27-29(43)11-12-33-35-13-15-39(44(35,2)19-17-36(33)43)54-24-6-5-9-40(51)48-20-22-49(23-21-48)42(53)34-25-28(10-14-37(34)45)26-38-31-7-3-4-8-32(31)41(52)47-46-38/h3-4,7-8,10,14,25,29-30,33,35-36,39,50H,5-6,9,11-13,15-24,26-27H2,1-2H3,(H,47,52)/t29-,30-,33-,35-,36-,39-,43-,44-/m0/s1. The van der Waals surface area contributed by atoms with Gasteiger partial charge in [0.25, 0.3) is 11.5 Å². The van der Waals surface area contributed by atoms with E-state index in [1.807, 2.05) is 17.0 Å².